The standard InChI is InChI=1S/C23H26N4O4S/c1-12-8-15(12)22(29)27-23-26-16-7-6-14(20(30-2)21(16)32-23)13-9-24-19(25-10-13)11-31-18-5-3-4-17(18)28/h6-7,9-10,12,15,17-18,28H,3-5,8,11H2,1-2H3,(H,26,27,29)/t12-,15-,17+,18+/m1/s1. The van der Waals surface area contributed by atoms with Crippen LogP contribution in [0.5, 0.6) is 5.75 Å². The second-order valence-corrected chi connectivity index (χ2v) is 9.56. The zero-order valence-electron chi connectivity index (χ0n) is 18.1. The van der Waals surface area contributed by atoms with Gasteiger partial charge in [0, 0.05) is 29.4 Å². The van der Waals surface area contributed by atoms with Gasteiger partial charge in [0.1, 0.15) is 12.4 Å². The summed E-state index contributed by atoms with van der Waals surface area (Å²) in [6.45, 7) is 2.35. The zero-order chi connectivity index (χ0) is 22.2. The molecule has 2 aromatic heterocycles. The maximum Gasteiger partial charge on any atom is 0.229 e. The Morgan fingerprint density at radius 1 is 1.28 bits per heavy atom. The van der Waals surface area contributed by atoms with Crippen LogP contribution in [-0.4, -0.2) is 45.3 Å². The number of hydrogen-bond acceptors (Lipinski definition) is 8. The fraction of sp³-hybridized carbons (Fsp3) is 0.478. The van der Waals surface area contributed by atoms with Crippen molar-refractivity contribution in [2.75, 3.05) is 12.4 Å². The molecule has 168 valence electrons. The third-order valence-electron chi connectivity index (χ3n) is 6.25. The number of anilines is 1. The van der Waals surface area contributed by atoms with Gasteiger partial charge in [-0.1, -0.05) is 18.3 Å². The van der Waals surface area contributed by atoms with Crippen molar-refractivity contribution in [2.24, 2.45) is 11.8 Å². The second kappa shape index (κ2) is 8.73. The van der Waals surface area contributed by atoms with Gasteiger partial charge >= 0.3 is 0 Å². The average Bonchev–Trinajstić information content (AvgIpc) is 3.18. The van der Waals surface area contributed by atoms with Gasteiger partial charge in [0.25, 0.3) is 0 Å². The van der Waals surface area contributed by atoms with Crippen molar-refractivity contribution in [2.45, 2.75) is 51.4 Å². The number of nitrogens with one attached hydrogen (secondary N) is 1. The molecule has 2 N–H and O–H groups in total. The Kier molecular flexibility index (Phi) is 5.79. The lowest BCUT2D eigenvalue weighted by molar-refractivity contribution is -0.117. The summed E-state index contributed by atoms with van der Waals surface area (Å²) in [7, 11) is 1.62. The first-order valence-electron chi connectivity index (χ1n) is 10.9. The van der Waals surface area contributed by atoms with E-state index >= 15 is 0 Å². The topological polar surface area (TPSA) is 106 Å². The predicted octanol–water partition coefficient (Wildman–Crippen LogP) is 3.79. The summed E-state index contributed by atoms with van der Waals surface area (Å²) in [6.07, 6.45) is 6.54. The highest BCUT2D eigenvalue weighted by molar-refractivity contribution is 7.22. The van der Waals surface area contributed by atoms with E-state index in [0.717, 1.165) is 47.0 Å². The molecule has 0 bridgehead atoms. The number of nitrogens with zero attached hydrogens (tertiary/aromatic N) is 3. The van der Waals surface area contributed by atoms with Crippen LogP contribution in [0.15, 0.2) is 24.5 Å². The van der Waals surface area contributed by atoms with Gasteiger partial charge in [-0.2, -0.15) is 0 Å². The maximum atomic E-state index is 12.3. The number of amides is 1. The molecular formula is C23H26N4O4S. The van der Waals surface area contributed by atoms with Crippen molar-refractivity contribution in [3.63, 3.8) is 0 Å². The molecule has 2 saturated carbocycles. The minimum Gasteiger partial charge on any atom is -0.495 e. The van der Waals surface area contributed by atoms with E-state index in [-0.39, 0.29) is 24.5 Å². The number of aliphatic hydroxyl groups is 1. The van der Waals surface area contributed by atoms with E-state index < -0.39 is 6.10 Å². The molecule has 2 fully saturated rings. The fourth-order valence-electron chi connectivity index (χ4n) is 4.19. The molecule has 2 aliphatic carbocycles. The number of hydrogen-bond donors (Lipinski definition) is 2. The van der Waals surface area contributed by atoms with E-state index in [1.807, 2.05) is 12.1 Å². The summed E-state index contributed by atoms with van der Waals surface area (Å²) in [5, 5.41) is 13.4. The molecule has 1 aromatic carbocycles. The highest BCUT2D eigenvalue weighted by atomic mass is 32.1. The summed E-state index contributed by atoms with van der Waals surface area (Å²) in [4.78, 5) is 25.7. The number of ether oxygens (including phenoxy) is 2. The molecule has 1 amide bonds. The normalized spacial score (nSPS) is 24.6. The summed E-state index contributed by atoms with van der Waals surface area (Å²) < 4.78 is 12.4. The SMILES string of the molecule is COc1c(-c2cnc(CO[C@H]3CCC[C@@H]3O)nc2)ccc2nc(NC(=O)[C@@H]3C[C@H]3C)sc12. The van der Waals surface area contributed by atoms with Gasteiger partial charge in [0.2, 0.25) is 5.91 Å². The van der Waals surface area contributed by atoms with Crippen molar-refractivity contribution < 1.29 is 19.4 Å². The lowest BCUT2D eigenvalue weighted by atomic mass is 10.1. The Morgan fingerprint density at radius 3 is 2.72 bits per heavy atom. The number of carbonyl (C=O) groups is 1. The molecule has 0 radical (unpaired) electrons. The summed E-state index contributed by atoms with van der Waals surface area (Å²) >= 11 is 1.41. The van der Waals surface area contributed by atoms with Crippen molar-refractivity contribution in [1.29, 1.82) is 0 Å². The second-order valence-electron chi connectivity index (χ2n) is 8.56. The number of aromatic nitrogens is 3. The maximum absolute atomic E-state index is 12.3. The van der Waals surface area contributed by atoms with Crippen LogP contribution in [0, 0.1) is 11.8 Å². The van der Waals surface area contributed by atoms with Crippen LogP contribution >= 0.6 is 11.3 Å². The monoisotopic (exact) mass is 454 g/mol. The van der Waals surface area contributed by atoms with Crippen LogP contribution in [0.1, 0.15) is 38.4 Å². The molecule has 9 heteroatoms. The van der Waals surface area contributed by atoms with Crippen LogP contribution in [0.2, 0.25) is 0 Å². The predicted molar refractivity (Wildman–Crippen MR) is 122 cm³/mol. The fourth-order valence-corrected chi connectivity index (χ4v) is 5.18. The summed E-state index contributed by atoms with van der Waals surface area (Å²) in [6, 6.07) is 3.84. The van der Waals surface area contributed by atoms with Crippen LogP contribution < -0.4 is 10.1 Å². The Labute approximate surface area is 190 Å². The number of rotatable bonds is 7. The van der Waals surface area contributed by atoms with Gasteiger partial charge < -0.3 is 19.9 Å². The Hall–Kier alpha value is -2.62. The van der Waals surface area contributed by atoms with Crippen molar-refractivity contribution in [3.05, 3.63) is 30.4 Å². The third-order valence-corrected chi connectivity index (χ3v) is 7.24. The molecule has 0 unspecified atom stereocenters. The lowest BCUT2D eigenvalue weighted by Crippen LogP contribution is -2.22. The minimum absolute atomic E-state index is 0.0343. The van der Waals surface area contributed by atoms with E-state index in [2.05, 4.69) is 27.2 Å². The molecule has 32 heavy (non-hydrogen) atoms. The number of carbonyl (C=O) groups excluding carboxylic acids is 1. The van der Waals surface area contributed by atoms with Crippen molar-refractivity contribution in [1.82, 2.24) is 15.0 Å². The number of fused-ring (bicyclic) bond motifs is 1. The third kappa shape index (κ3) is 4.20. The minimum atomic E-state index is -0.396. The first kappa shape index (κ1) is 21.2. The molecular weight excluding hydrogens is 428 g/mol. The highest BCUT2D eigenvalue weighted by Crippen LogP contribution is 2.42. The largest absolute Gasteiger partial charge is 0.495 e. The van der Waals surface area contributed by atoms with E-state index in [4.69, 9.17) is 9.47 Å². The van der Waals surface area contributed by atoms with E-state index in [9.17, 15) is 9.90 Å². The molecule has 8 nitrogen and oxygen atoms in total. The van der Waals surface area contributed by atoms with Gasteiger partial charge in [0.05, 0.1) is 29.5 Å². The lowest BCUT2D eigenvalue weighted by Gasteiger charge is -2.15. The van der Waals surface area contributed by atoms with Gasteiger partial charge in [0.15, 0.2) is 11.0 Å². The number of methoxy groups -OCH3 is 1. The average molecular weight is 455 g/mol. The quantitative estimate of drug-likeness (QED) is 0.559. The van der Waals surface area contributed by atoms with Gasteiger partial charge in [-0.15, -0.1) is 0 Å². The molecule has 5 rings (SSSR count). The highest BCUT2D eigenvalue weighted by Gasteiger charge is 2.39. The number of thiazole rings is 1. The van der Waals surface area contributed by atoms with Crippen LogP contribution in [0.3, 0.4) is 0 Å². The molecule has 2 aliphatic rings. The van der Waals surface area contributed by atoms with Crippen LogP contribution in [0.4, 0.5) is 5.13 Å². The van der Waals surface area contributed by atoms with Crippen LogP contribution in [-0.2, 0) is 16.1 Å². The Morgan fingerprint density at radius 2 is 2.06 bits per heavy atom. The smallest absolute Gasteiger partial charge is 0.229 e. The van der Waals surface area contributed by atoms with E-state index in [1.54, 1.807) is 19.5 Å². The molecule has 4 atom stereocenters. The molecule has 0 saturated heterocycles. The Bertz CT molecular complexity index is 1130. The molecule has 3 aromatic rings. The van der Waals surface area contributed by atoms with Crippen LogP contribution in [0.25, 0.3) is 21.3 Å². The van der Waals surface area contributed by atoms with Crippen molar-refractivity contribution in [3.8, 4) is 16.9 Å². The molecule has 0 spiro atoms. The zero-order valence-corrected chi connectivity index (χ0v) is 18.9. The van der Waals surface area contributed by atoms with E-state index in [0.29, 0.717) is 22.6 Å². The van der Waals surface area contributed by atoms with Gasteiger partial charge in [-0.3, -0.25) is 4.79 Å². The summed E-state index contributed by atoms with van der Waals surface area (Å²) in [5.41, 5.74) is 2.45. The first-order valence-corrected chi connectivity index (χ1v) is 11.7. The first-order chi connectivity index (χ1) is 15.5. The van der Waals surface area contributed by atoms with Gasteiger partial charge in [-0.05, 0) is 43.7 Å². The van der Waals surface area contributed by atoms with E-state index in [1.165, 1.54) is 11.3 Å². The molecule has 2 heterocycles. The van der Waals surface area contributed by atoms with Gasteiger partial charge in [-0.25, -0.2) is 15.0 Å². The summed E-state index contributed by atoms with van der Waals surface area (Å²) in [5.74, 6) is 1.83. The number of benzene rings is 1. The van der Waals surface area contributed by atoms with Crippen molar-refractivity contribution >= 4 is 32.6 Å². The number of aliphatic hydroxyl groups excluding tert-OH is 1. The molecule has 0 aliphatic heterocycles. The Balaban J connectivity index is 1.34.